The molecule has 4 heteroatoms. The molecule has 0 radical (unpaired) electrons. The molecule has 0 aliphatic heterocycles. The molecule has 0 heterocycles. The van der Waals surface area contributed by atoms with Crippen LogP contribution in [0.2, 0.25) is 10.0 Å². The van der Waals surface area contributed by atoms with Crippen LogP contribution in [0.25, 0.3) is 0 Å². The molecule has 0 aliphatic carbocycles. The van der Waals surface area contributed by atoms with Gasteiger partial charge in [0, 0.05) is 11.6 Å². The van der Waals surface area contributed by atoms with Crippen molar-refractivity contribution in [1.29, 1.82) is 0 Å². The van der Waals surface area contributed by atoms with E-state index in [2.05, 4.69) is 11.4 Å². The molecule has 0 saturated heterocycles. The minimum Gasteiger partial charge on any atom is -0.496 e. The van der Waals surface area contributed by atoms with Gasteiger partial charge in [0.1, 0.15) is 5.75 Å². The average molecular weight is 296 g/mol. The third kappa shape index (κ3) is 3.55. The number of anilines is 1. The molecule has 0 amide bonds. The zero-order chi connectivity index (χ0) is 13.8. The van der Waals surface area contributed by atoms with Crippen molar-refractivity contribution >= 4 is 28.9 Å². The molecule has 100 valence electrons. The van der Waals surface area contributed by atoms with Crippen LogP contribution in [0.1, 0.15) is 11.1 Å². The molecule has 0 saturated carbocycles. The molecule has 2 aromatic rings. The van der Waals surface area contributed by atoms with Crippen molar-refractivity contribution in [3.05, 3.63) is 57.6 Å². The van der Waals surface area contributed by atoms with E-state index in [0.717, 1.165) is 17.0 Å². The van der Waals surface area contributed by atoms with Crippen LogP contribution in [0.15, 0.2) is 36.4 Å². The third-order valence-electron chi connectivity index (χ3n) is 2.87. The lowest BCUT2D eigenvalue weighted by atomic mass is 10.1. The van der Waals surface area contributed by atoms with Gasteiger partial charge in [0.15, 0.2) is 0 Å². The summed E-state index contributed by atoms with van der Waals surface area (Å²) in [6, 6.07) is 11.5. The molecule has 2 rings (SSSR count). The van der Waals surface area contributed by atoms with Gasteiger partial charge >= 0.3 is 0 Å². The molecule has 1 N–H and O–H groups in total. The molecular formula is C15H15Cl2NO. The van der Waals surface area contributed by atoms with E-state index >= 15 is 0 Å². The Morgan fingerprint density at radius 1 is 1.11 bits per heavy atom. The Hall–Kier alpha value is -1.38. The van der Waals surface area contributed by atoms with Crippen LogP contribution in [0, 0.1) is 6.92 Å². The lowest BCUT2D eigenvalue weighted by Crippen LogP contribution is -2.00. The van der Waals surface area contributed by atoms with E-state index in [4.69, 9.17) is 27.9 Å². The number of nitrogens with one attached hydrogen (secondary N) is 1. The molecule has 0 aromatic heterocycles. The number of benzene rings is 2. The van der Waals surface area contributed by atoms with Crippen LogP contribution < -0.4 is 10.1 Å². The van der Waals surface area contributed by atoms with Crippen molar-refractivity contribution in [3.8, 4) is 5.75 Å². The number of aryl methyl sites for hydroxylation is 1. The lowest BCUT2D eigenvalue weighted by Gasteiger charge is -2.11. The van der Waals surface area contributed by atoms with E-state index < -0.39 is 0 Å². The Kier molecular flexibility index (Phi) is 4.56. The number of hydrogen-bond donors (Lipinski definition) is 1. The van der Waals surface area contributed by atoms with Gasteiger partial charge in [-0.2, -0.15) is 0 Å². The Balaban J connectivity index is 2.08. The summed E-state index contributed by atoms with van der Waals surface area (Å²) < 4.78 is 5.24. The van der Waals surface area contributed by atoms with Crippen LogP contribution in [0.3, 0.4) is 0 Å². The van der Waals surface area contributed by atoms with Crippen molar-refractivity contribution in [1.82, 2.24) is 0 Å². The van der Waals surface area contributed by atoms with Crippen molar-refractivity contribution < 1.29 is 4.74 Å². The normalized spacial score (nSPS) is 10.3. The van der Waals surface area contributed by atoms with Crippen LogP contribution in [0.4, 0.5) is 5.69 Å². The Labute approximate surface area is 123 Å². The quantitative estimate of drug-likeness (QED) is 0.864. The van der Waals surface area contributed by atoms with Gasteiger partial charge in [-0.1, -0.05) is 35.3 Å². The van der Waals surface area contributed by atoms with Crippen LogP contribution in [-0.2, 0) is 6.54 Å². The lowest BCUT2D eigenvalue weighted by molar-refractivity contribution is 0.411. The zero-order valence-corrected chi connectivity index (χ0v) is 12.3. The number of halogens is 2. The van der Waals surface area contributed by atoms with Gasteiger partial charge in [-0.25, -0.2) is 0 Å². The second-order valence-corrected chi connectivity index (χ2v) is 5.13. The molecule has 0 fully saturated rings. The van der Waals surface area contributed by atoms with Gasteiger partial charge in [-0.05, 0) is 42.3 Å². The fourth-order valence-corrected chi connectivity index (χ4v) is 2.36. The average Bonchev–Trinajstić information content (AvgIpc) is 2.38. The molecule has 0 bridgehead atoms. The van der Waals surface area contributed by atoms with Gasteiger partial charge in [-0.3, -0.25) is 0 Å². The summed E-state index contributed by atoms with van der Waals surface area (Å²) in [4.78, 5) is 0. The summed E-state index contributed by atoms with van der Waals surface area (Å²) in [6.07, 6.45) is 0. The summed E-state index contributed by atoms with van der Waals surface area (Å²) in [7, 11) is 1.67. The van der Waals surface area contributed by atoms with Crippen molar-refractivity contribution in [2.45, 2.75) is 13.5 Å². The fourth-order valence-electron chi connectivity index (χ4n) is 1.88. The highest BCUT2D eigenvalue weighted by Gasteiger charge is 2.03. The minimum atomic E-state index is 0.623. The predicted molar refractivity (Wildman–Crippen MR) is 81.5 cm³/mol. The van der Waals surface area contributed by atoms with E-state index in [9.17, 15) is 0 Å². The van der Waals surface area contributed by atoms with Crippen molar-refractivity contribution in [3.63, 3.8) is 0 Å². The van der Waals surface area contributed by atoms with Crippen molar-refractivity contribution in [2.24, 2.45) is 0 Å². The molecule has 2 aromatic carbocycles. The summed E-state index contributed by atoms with van der Waals surface area (Å²) in [5.41, 5.74) is 3.16. The second kappa shape index (κ2) is 6.18. The fraction of sp³-hybridized carbons (Fsp3) is 0.200. The highest BCUT2D eigenvalue weighted by atomic mass is 35.5. The topological polar surface area (TPSA) is 21.3 Å². The molecule has 2 nitrogen and oxygen atoms in total. The molecule has 0 spiro atoms. The molecule has 0 unspecified atom stereocenters. The van der Waals surface area contributed by atoms with Crippen LogP contribution in [0.5, 0.6) is 5.75 Å². The Morgan fingerprint density at radius 2 is 1.89 bits per heavy atom. The summed E-state index contributed by atoms with van der Waals surface area (Å²) >= 11 is 12.0. The molecule has 0 aliphatic rings. The monoisotopic (exact) mass is 295 g/mol. The van der Waals surface area contributed by atoms with Crippen LogP contribution >= 0.6 is 23.2 Å². The first-order chi connectivity index (χ1) is 9.10. The molecule has 19 heavy (non-hydrogen) atoms. The maximum absolute atomic E-state index is 6.11. The third-order valence-corrected chi connectivity index (χ3v) is 3.42. The van der Waals surface area contributed by atoms with Crippen molar-refractivity contribution in [2.75, 3.05) is 12.4 Å². The van der Waals surface area contributed by atoms with E-state index in [1.807, 2.05) is 31.2 Å². The zero-order valence-electron chi connectivity index (χ0n) is 10.8. The molecular weight excluding hydrogens is 281 g/mol. The minimum absolute atomic E-state index is 0.623. The number of rotatable bonds is 4. The van der Waals surface area contributed by atoms with E-state index in [1.54, 1.807) is 13.2 Å². The Bertz CT molecular complexity index is 584. The summed E-state index contributed by atoms with van der Waals surface area (Å²) in [6.45, 7) is 2.73. The number of hydrogen-bond acceptors (Lipinski definition) is 2. The van der Waals surface area contributed by atoms with Gasteiger partial charge in [0.25, 0.3) is 0 Å². The van der Waals surface area contributed by atoms with E-state index in [0.29, 0.717) is 16.6 Å². The summed E-state index contributed by atoms with van der Waals surface area (Å²) in [5.74, 6) is 0.897. The maximum atomic E-state index is 6.11. The van der Waals surface area contributed by atoms with Gasteiger partial charge in [-0.15, -0.1) is 0 Å². The summed E-state index contributed by atoms with van der Waals surface area (Å²) in [5, 5.41) is 4.55. The highest BCUT2D eigenvalue weighted by molar-refractivity contribution is 6.36. The largest absolute Gasteiger partial charge is 0.496 e. The Morgan fingerprint density at radius 3 is 2.53 bits per heavy atom. The SMILES string of the molecule is COc1ccc(CNc2ccc(Cl)cc2Cl)cc1C. The number of ether oxygens (including phenoxy) is 1. The van der Waals surface area contributed by atoms with Gasteiger partial charge in [0.2, 0.25) is 0 Å². The van der Waals surface area contributed by atoms with Gasteiger partial charge < -0.3 is 10.1 Å². The first-order valence-corrected chi connectivity index (χ1v) is 6.68. The van der Waals surface area contributed by atoms with E-state index in [-0.39, 0.29) is 0 Å². The van der Waals surface area contributed by atoms with E-state index in [1.165, 1.54) is 5.56 Å². The predicted octanol–water partition coefficient (Wildman–Crippen LogP) is 4.92. The number of methoxy groups -OCH3 is 1. The first kappa shape index (κ1) is 14.0. The maximum Gasteiger partial charge on any atom is 0.121 e. The second-order valence-electron chi connectivity index (χ2n) is 4.28. The van der Waals surface area contributed by atoms with Gasteiger partial charge in [0.05, 0.1) is 17.8 Å². The first-order valence-electron chi connectivity index (χ1n) is 5.92. The highest BCUT2D eigenvalue weighted by Crippen LogP contribution is 2.26. The van der Waals surface area contributed by atoms with Crippen LogP contribution in [-0.4, -0.2) is 7.11 Å². The smallest absolute Gasteiger partial charge is 0.121 e. The standard InChI is InChI=1S/C15H15Cl2NO/c1-10-7-11(3-6-15(10)19-2)9-18-14-5-4-12(16)8-13(14)17/h3-8,18H,9H2,1-2H3. The molecule has 0 atom stereocenters.